The number of hydrogen-bond donors (Lipinski definition) is 0. The summed E-state index contributed by atoms with van der Waals surface area (Å²) < 4.78 is 12.6. The van der Waals surface area contributed by atoms with E-state index in [1.807, 2.05) is 0 Å². The molecule has 1 fully saturated rings. The minimum absolute atomic E-state index is 0.103. The van der Waals surface area contributed by atoms with Crippen molar-refractivity contribution in [3.63, 3.8) is 0 Å². The van der Waals surface area contributed by atoms with E-state index in [2.05, 4.69) is 67.6 Å². The first kappa shape index (κ1) is 18.9. The van der Waals surface area contributed by atoms with E-state index in [4.69, 9.17) is 9.16 Å². The third-order valence-corrected chi connectivity index (χ3v) is 9.59. The second-order valence-corrected chi connectivity index (χ2v) is 13.4. The van der Waals surface area contributed by atoms with Gasteiger partial charge in [-0.2, -0.15) is 0 Å². The van der Waals surface area contributed by atoms with E-state index in [1.165, 1.54) is 5.57 Å². The Balaban J connectivity index is 2.85. The molecule has 3 heteroatoms. The van der Waals surface area contributed by atoms with Crippen molar-refractivity contribution in [1.29, 1.82) is 0 Å². The van der Waals surface area contributed by atoms with Gasteiger partial charge in [-0.05, 0) is 56.3 Å². The maximum atomic E-state index is 6.61. The topological polar surface area (TPSA) is 18.5 Å². The van der Waals surface area contributed by atoms with Crippen LogP contribution >= 0.6 is 0 Å². The van der Waals surface area contributed by atoms with Crippen molar-refractivity contribution in [2.24, 2.45) is 5.92 Å². The summed E-state index contributed by atoms with van der Waals surface area (Å²) in [7, 11) is -1.73. The van der Waals surface area contributed by atoms with Crippen molar-refractivity contribution in [2.45, 2.75) is 91.1 Å². The average molecular weight is 313 g/mol. The standard InChI is InChI=1S/C18H36O2Si/c1-10-16(20-21(8,9)17(4,5)6)15(3)12-18(7)11-14(2)13-19-18/h12,14,16H,10-11,13H2,1-9H3/b15-12+/t14-,16+,18?/m0/s1. The third kappa shape index (κ3) is 4.94. The van der Waals surface area contributed by atoms with Gasteiger partial charge in [0.25, 0.3) is 0 Å². The smallest absolute Gasteiger partial charge is 0.192 e. The van der Waals surface area contributed by atoms with Crippen LogP contribution in [0.15, 0.2) is 11.6 Å². The molecule has 0 N–H and O–H groups in total. The minimum atomic E-state index is -1.73. The molecule has 0 spiro atoms. The van der Waals surface area contributed by atoms with Crippen LogP contribution in [0.1, 0.15) is 61.3 Å². The second-order valence-electron chi connectivity index (χ2n) is 8.60. The van der Waals surface area contributed by atoms with Crippen LogP contribution in [0.2, 0.25) is 18.1 Å². The molecule has 3 atom stereocenters. The quantitative estimate of drug-likeness (QED) is 0.489. The fourth-order valence-corrected chi connectivity index (χ4v) is 4.27. The van der Waals surface area contributed by atoms with E-state index < -0.39 is 8.32 Å². The van der Waals surface area contributed by atoms with Crippen LogP contribution in [0.3, 0.4) is 0 Å². The van der Waals surface area contributed by atoms with Crippen LogP contribution in [0, 0.1) is 5.92 Å². The van der Waals surface area contributed by atoms with Crippen LogP contribution in [0.5, 0.6) is 0 Å². The predicted molar refractivity (Wildman–Crippen MR) is 94.3 cm³/mol. The Kier molecular flexibility index (Phi) is 5.91. The van der Waals surface area contributed by atoms with Gasteiger partial charge in [0.05, 0.1) is 18.3 Å². The molecule has 1 aliphatic heterocycles. The Morgan fingerprint density at radius 2 is 2.00 bits per heavy atom. The first-order valence-electron chi connectivity index (χ1n) is 8.41. The summed E-state index contributed by atoms with van der Waals surface area (Å²) >= 11 is 0. The Morgan fingerprint density at radius 3 is 2.38 bits per heavy atom. The molecule has 0 saturated carbocycles. The first-order chi connectivity index (χ1) is 9.40. The maximum absolute atomic E-state index is 6.61. The SMILES string of the molecule is CC[C@@H](O[Si](C)(C)C(C)(C)C)/C(C)=C/C1(C)C[C@H](C)CO1. The van der Waals surface area contributed by atoms with Crippen LogP contribution in [0.4, 0.5) is 0 Å². The summed E-state index contributed by atoms with van der Waals surface area (Å²) in [5.41, 5.74) is 1.23. The van der Waals surface area contributed by atoms with E-state index in [-0.39, 0.29) is 16.7 Å². The Morgan fingerprint density at radius 1 is 1.43 bits per heavy atom. The molecule has 1 rings (SSSR count). The normalized spacial score (nSPS) is 29.8. The molecule has 0 aromatic carbocycles. The largest absolute Gasteiger partial charge is 0.410 e. The van der Waals surface area contributed by atoms with Crippen LogP contribution < -0.4 is 0 Å². The van der Waals surface area contributed by atoms with Gasteiger partial charge in [-0.25, -0.2) is 0 Å². The Bertz CT molecular complexity index is 381. The predicted octanol–water partition coefficient (Wildman–Crippen LogP) is 5.55. The highest BCUT2D eigenvalue weighted by atomic mass is 28.4. The molecule has 1 heterocycles. The summed E-state index contributed by atoms with van der Waals surface area (Å²) in [6.07, 6.45) is 4.68. The molecule has 1 aliphatic rings. The first-order valence-corrected chi connectivity index (χ1v) is 11.3. The zero-order valence-electron chi connectivity index (χ0n) is 15.7. The molecule has 0 aromatic rings. The lowest BCUT2D eigenvalue weighted by atomic mass is 9.93. The van der Waals surface area contributed by atoms with Crippen molar-refractivity contribution < 1.29 is 9.16 Å². The number of rotatable bonds is 5. The molecule has 0 radical (unpaired) electrons. The average Bonchev–Trinajstić information content (AvgIpc) is 2.64. The van der Waals surface area contributed by atoms with Gasteiger partial charge in [0, 0.05) is 0 Å². The zero-order valence-corrected chi connectivity index (χ0v) is 16.7. The van der Waals surface area contributed by atoms with Crippen molar-refractivity contribution >= 4 is 8.32 Å². The molecule has 0 aromatic heterocycles. The van der Waals surface area contributed by atoms with E-state index in [1.54, 1.807) is 0 Å². The summed E-state index contributed by atoms with van der Waals surface area (Å²) in [5, 5.41) is 0.253. The third-order valence-electron chi connectivity index (χ3n) is 5.11. The van der Waals surface area contributed by atoms with E-state index in [0.29, 0.717) is 5.92 Å². The number of ether oxygens (including phenoxy) is 1. The monoisotopic (exact) mass is 312 g/mol. The molecule has 0 amide bonds. The lowest BCUT2D eigenvalue weighted by Gasteiger charge is -2.39. The highest BCUT2D eigenvalue weighted by Crippen LogP contribution is 2.39. The maximum Gasteiger partial charge on any atom is 0.192 e. The summed E-state index contributed by atoms with van der Waals surface area (Å²) in [5.74, 6) is 0.653. The molecular formula is C18H36O2Si. The van der Waals surface area contributed by atoms with Crippen molar-refractivity contribution in [2.75, 3.05) is 6.61 Å². The van der Waals surface area contributed by atoms with Gasteiger partial charge in [-0.15, -0.1) is 0 Å². The van der Waals surface area contributed by atoms with Crippen LogP contribution in [-0.2, 0) is 9.16 Å². The summed E-state index contributed by atoms with van der Waals surface area (Å²) in [6, 6.07) is 0. The van der Waals surface area contributed by atoms with Crippen LogP contribution in [0.25, 0.3) is 0 Å². The lowest BCUT2D eigenvalue weighted by molar-refractivity contribution is 0.0573. The van der Waals surface area contributed by atoms with Gasteiger partial charge in [0.1, 0.15) is 0 Å². The zero-order chi connectivity index (χ0) is 16.5. The van der Waals surface area contributed by atoms with E-state index >= 15 is 0 Å². The molecule has 0 bridgehead atoms. The van der Waals surface area contributed by atoms with Crippen LogP contribution in [-0.4, -0.2) is 26.6 Å². The van der Waals surface area contributed by atoms with Gasteiger partial charge in [-0.1, -0.05) is 40.7 Å². The van der Waals surface area contributed by atoms with Crippen molar-refractivity contribution in [3.05, 3.63) is 11.6 Å². The molecule has 21 heavy (non-hydrogen) atoms. The highest BCUT2D eigenvalue weighted by Gasteiger charge is 2.39. The van der Waals surface area contributed by atoms with E-state index in [9.17, 15) is 0 Å². The summed E-state index contributed by atoms with van der Waals surface area (Å²) in [4.78, 5) is 0. The molecule has 1 saturated heterocycles. The van der Waals surface area contributed by atoms with Gasteiger partial charge in [0.2, 0.25) is 0 Å². The fraction of sp³-hybridized carbons (Fsp3) is 0.889. The van der Waals surface area contributed by atoms with Gasteiger partial charge in [0.15, 0.2) is 8.32 Å². The van der Waals surface area contributed by atoms with Crippen molar-refractivity contribution in [1.82, 2.24) is 0 Å². The molecule has 1 unspecified atom stereocenters. The molecule has 124 valence electrons. The van der Waals surface area contributed by atoms with Gasteiger partial charge >= 0.3 is 0 Å². The Labute approximate surface area is 133 Å². The van der Waals surface area contributed by atoms with Gasteiger partial charge in [-0.3, -0.25) is 0 Å². The minimum Gasteiger partial charge on any atom is -0.410 e. The summed E-state index contributed by atoms with van der Waals surface area (Å²) in [6.45, 7) is 21.3. The van der Waals surface area contributed by atoms with E-state index in [0.717, 1.165) is 19.4 Å². The van der Waals surface area contributed by atoms with Gasteiger partial charge < -0.3 is 9.16 Å². The highest BCUT2D eigenvalue weighted by molar-refractivity contribution is 6.74. The fourth-order valence-electron chi connectivity index (χ4n) is 2.85. The molecule has 2 nitrogen and oxygen atoms in total. The second kappa shape index (κ2) is 6.55. The van der Waals surface area contributed by atoms with Crippen molar-refractivity contribution in [3.8, 4) is 0 Å². The molecular weight excluding hydrogens is 276 g/mol. The lowest BCUT2D eigenvalue weighted by Crippen LogP contribution is -2.44. The number of hydrogen-bond acceptors (Lipinski definition) is 2. The Hall–Kier alpha value is -0.123. The molecule has 0 aliphatic carbocycles.